The molecule has 0 rings (SSSR count). The first-order valence-electron chi connectivity index (χ1n) is 5.72. The molecule has 0 aromatic carbocycles. The zero-order valence-electron chi connectivity index (χ0n) is 10.6. The van der Waals surface area contributed by atoms with Gasteiger partial charge in [0.15, 0.2) is 0 Å². The van der Waals surface area contributed by atoms with Crippen LogP contribution in [0.15, 0.2) is 0 Å². The van der Waals surface area contributed by atoms with Crippen LogP contribution in [0.3, 0.4) is 0 Å². The van der Waals surface area contributed by atoms with E-state index >= 15 is 0 Å². The third-order valence-electron chi connectivity index (χ3n) is 2.81. The second-order valence-electron chi connectivity index (χ2n) is 4.89. The lowest BCUT2D eigenvalue weighted by molar-refractivity contribution is -0.0251. The lowest BCUT2D eigenvalue weighted by Crippen LogP contribution is -2.24. The smallest absolute Gasteiger partial charge is 0.232 e. The van der Waals surface area contributed by atoms with Gasteiger partial charge >= 0.3 is 0 Å². The maximum absolute atomic E-state index is 10.7. The highest BCUT2D eigenvalue weighted by atomic mass is 35.7. The average Bonchev–Trinajstić information content (AvgIpc) is 2.13. The highest BCUT2D eigenvalue weighted by Gasteiger charge is 2.16. The molecule has 0 aliphatic rings. The molecule has 3 nitrogen and oxygen atoms in total. The number of ether oxygens (including phenoxy) is 1. The van der Waals surface area contributed by atoms with Crippen LogP contribution in [-0.2, 0) is 13.8 Å². The molecular formula is C11H23ClO3S. The van der Waals surface area contributed by atoms with Crippen LogP contribution >= 0.6 is 10.7 Å². The molecule has 0 aliphatic heterocycles. The number of hydrogen-bond donors (Lipinski definition) is 0. The lowest BCUT2D eigenvalue weighted by Gasteiger charge is -2.24. The van der Waals surface area contributed by atoms with Gasteiger partial charge in [0.2, 0.25) is 9.05 Å². The van der Waals surface area contributed by atoms with E-state index in [0.29, 0.717) is 18.9 Å². The lowest BCUT2D eigenvalue weighted by atomic mass is 10.0. The van der Waals surface area contributed by atoms with E-state index < -0.39 is 9.05 Å². The highest BCUT2D eigenvalue weighted by molar-refractivity contribution is 8.13. The molecular weight excluding hydrogens is 248 g/mol. The molecule has 0 bridgehead atoms. The largest absolute Gasteiger partial charge is 0.376 e. The Bertz CT molecular complexity index is 286. The van der Waals surface area contributed by atoms with E-state index in [0.717, 1.165) is 12.8 Å². The number of rotatable bonds is 8. The highest BCUT2D eigenvalue weighted by Crippen LogP contribution is 2.17. The summed E-state index contributed by atoms with van der Waals surface area (Å²) in [5.74, 6) is 0.369. The summed E-state index contributed by atoms with van der Waals surface area (Å²) in [6.45, 7) is 8.89. The summed E-state index contributed by atoms with van der Waals surface area (Å²) in [5, 5.41) is 0. The van der Waals surface area contributed by atoms with Gasteiger partial charge in [-0.3, -0.25) is 0 Å². The summed E-state index contributed by atoms with van der Waals surface area (Å²) in [6, 6.07) is 0. The Morgan fingerprint density at radius 3 is 2.31 bits per heavy atom. The van der Waals surface area contributed by atoms with Crippen molar-refractivity contribution in [3.8, 4) is 0 Å². The molecule has 0 spiro atoms. The Balaban J connectivity index is 3.71. The minimum atomic E-state index is -3.35. The summed E-state index contributed by atoms with van der Waals surface area (Å²) >= 11 is 0. The third-order valence-corrected chi connectivity index (χ3v) is 4.00. The molecule has 16 heavy (non-hydrogen) atoms. The van der Waals surface area contributed by atoms with Gasteiger partial charge in [0, 0.05) is 17.3 Å². The fraction of sp³-hybridized carbons (Fsp3) is 1.00. The van der Waals surface area contributed by atoms with Gasteiger partial charge in [-0.1, -0.05) is 13.8 Å². The summed E-state index contributed by atoms with van der Waals surface area (Å²) in [7, 11) is 1.80. The molecule has 0 saturated heterocycles. The Morgan fingerprint density at radius 2 is 1.88 bits per heavy atom. The van der Waals surface area contributed by atoms with E-state index in [1.165, 1.54) is 0 Å². The van der Waals surface area contributed by atoms with Gasteiger partial charge in [0.1, 0.15) is 0 Å². The molecule has 0 aromatic heterocycles. The molecule has 0 amide bonds. The van der Waals surface area contributed by atoms with Crippen molar-refractivity contribution in [1.29, 1.82) is 0 Å². The normalized spacial score (nSPS) is 15.1. The predicted octanol–water partition coefficient (Wildman–Crippen LogP) is 3.18. The van der Waals surface area contributed by atoms with Gasteiger partial charge in [-0.15, -0.1) is 0 Å². The van der Waals surface area contributed by atoms with Crippen LogP contribution in [0.4, 0.5) is 0 Å². The van der Waals surface area contributed by atoms with Crippen LogP contribution in [0.2, 0.25) is 0 Å². The molecule has 0 N–H and O–H groups in total. The molecule has 98 valence electrons. The van der Waals surface area contributed by atoms with Crippen molar-refractivity contribution in [2.24, 2.45) is 5.92 Å². The molecule has 1 unspecified atom stereocenters. The molecule has 5 heteroatoms. The minimum Gasteiger partial charge on any atom is -0.376 e. The Morgan fingerprint density at radius 1 is 1.31 bits per heavy atom. The van der Waals surface area contributed by atoms with Gasteiger partial charge in [-0.05, 0) is 39.0 Å². The Kier molecular flexibility index (Phi) is 6.90. The third kappa shape index (κ3) is 9.43. The molecule has 0 aliphatic carbocycles. The SMILES string of the molecule is CCC(C)(C)OCCC(C)CCS(=O)(=O)Cl. The van der Waals surface area contributed by atoms with E-state index in [1.54, 1.807) is 0 Å². The number of halogens is 1. The van der Waals surface area contributed by atoms with E-state index in [1.807, 2.05) is 6.92 Å². The summed E-state index contributed by atoms with van der Waals surface area (Å²) < 4.78 is 27.2. The minimum absolute atomic E-state index is 0.0485. The summed E-state index contributed by atoms with van der Waals surface area (Å²) in [6.07, 6.45) is 2.44. The zero-order valence-corrected chi connectivity index (χ0v) is 12.2. The Labute approximate surface area is 104 Å². The first-order chi connectivity index (χ1) is 7.16. The fourth-order valence-corrected chi connectivity index (χ4v) is 2.08. The van der Waals surface area contributed by atoms with Crippen LogP contribution in [0.5, 0.6) is 0 Å². The maximum atomic E-state index is 10.7. The molecule has 0 radical (unpaired) electrons. The van der Waals surface area contributed by atoms with E-state index in [9.17, 15) is 8.42 Å². The van der Waals surface area contributed by atoms with Crippen LogP contribution < -0.4 is 0 Å². The number of hydrogen-bond acceptors (Lipinski definition) is 3. The fourth-order valence-electron chi connectivity index (χ4n) is 1.12. The van der Waals surface area contributed by atoms with E-state index in [4.69, 9.17) is 15.4 Å². The predicted molar refractivity (Wildman–Crippen MR) is 68.4 cm³/mol. The van der Waals surface area contributed by atoms with Crippen LogP contribution in [0.1, 0.15) is 47.0 Å². The molecule has 0 fully saturated rings. The van der Waals surface area contributed by atoms with Gasteiger partial charge < -0.3 is 4.74 Å². The summed E-state index contributed by atoms with van der Waals surface area (Å²) in [4.78, 5) is 0. The van der Waals surface area contributed by atoms with E-state index in [2.05, 4.69) is 20.8 Å². The van der Waals surface area contributed by atoms with Crippen LogP contribution in [-0.4, -0.2) is 26.4 Å². The van der Waals surface area contributed by atoms with Crippen LogP contribution in [0, 0.1) is 5.92 Å². The van der Waals surface area contributed by atoms with Crippen LogP contribution in [0.25, 0.3) is 0 Å². The second-order valence-corrected chi connectivity index (χ2v) is 7.78. The molecule has 0 heterocycles. The maximum Gasteiger partial charge on any atom is 0.232 e. The quantitative estimate of drug-likeness (QED) is 0.636. The van der Waals surface area contributed by atoms with Gasteiger partial charge in [-0.25, -0.2) is 8.42 Å². The van der Waals surface area contributed by atoms with Crippen molar-refractivity contribution in [3.63, 3.8) is 0 Å². The molecule has 0 saturated carbocycles. The zero-order chi connectivity index (χ0) is 12.8. The van der Waals surface area contributed by atoms with Gasteiger partial charge in [0.25, 0.3) is 0 Å². The second kappa shape index (κ2) is 6.82. The Hall–Kier alpha value is 0.200. The van der Waals surface area contributed by atoms with Crippen molar-refractivity contribution in [1.82, 2.24) is 0 Å². The summed E-state index contributed by atoms with van der Waals surface area (Å²) in [5.41, 5.74) is -0.0850. The van der Waals surface area contributed by atoms with Crippen molar-refractivity contribution in [2.45, 2.75) is 52.6 Å². The standard InChI is InChI=1S/C11H23ClO3S/c1-5-11(3,4)15-8-6-10(2)7-9-16(12,13)14/h10H,5-9H2,1-4H3. The van der Waals surface area contributed by atoms with Crippen molar-refractivity contribution < 1.29 is 13.2 Å². The van der Waals surface area contributed by atoms with Crippen molar-refractivity contribution >= 4 is 19.7 Å². The monoisotopic (exact) mass is 270 g/mol. The molecule has 0 aromatic rings. The first kappa shape index (κ1) is 16.2. The molecule has 1 atom stereocenters. The van der Waals surface area contributed by atoms with Gasteiger partial charge in [0.05, 0.1) is 11.4 Å². The van der Waals surface area contributed by atoms with Crippen molar-refractivity contribution in [2.75, 3.05) is 12.4 Å². The topological polar surface area (TPSA) is 43.4 Å². The van der Waals surface area contributed by atoms with Crippen molar-refractivity contribution in [3.05, 3.63) is 0 Å². The van der Waals surface area contributed by atoms with Gasteiger partial charge in [-0.2, -0.15) is 0 Å². The van der Waals surface area contributed by atoms with E-state index in [-0.39, 0.29) is 11.4 Å². The first-order valence-corrected chi connectivity index (χ1v) is 8.20. The average molecular weight is 271 g/mol.